The Labute approximate surface area is 77.7 Å². The van der Waals surface area contributed by atoms with Crippen molar-refractivity contribution in [2.75, 3.05) is 0 Å². The minimum absolute atomic E-state index is 0. The molecule has 0 rings (SSSR count). The van der Waals surface area contributed by atoms with Gasteiger partial charge in [0, 0.05) is 0 Å². The molecule has 1 heteroatoms. The van der Waals surface area contributed by atoms with Crippen LogP contribution in [0.15, 0.2) is 0 Å². The van der Waals surface area contributed by atoms with E-state index in [4.69, 9.17) is 0 Å². The molecule has 0 saturated heterocycles. The third-order valence-electron chi connectivity index (χ3n) is 0. The summed E-state index contributed by atoms with van der Waals surface area (Å²) in [5, 5.41) is 0. The number of hydrogen-bond acceptors (Lipinski definition) is 0. The summed E-state index contributed by atoms with van der Waals surface area (Å²) < 4.78 is 0. The molecule has 0 amide bonds. The molecule has 0 spiro atoms. The van der Waals surface area contributed by atoms with Gasteiger partial charge in [0.15, 0.2) is 0 Å². The molecule has 0 heterocycles. The fourth-order valence-electron chi connectivity index (χ4n) is 0. The summed E-state index contributed by atoms with van der Waals surface area (Å²) in [4.78, 5) is 0. The SMILES string of the molecule is [CH2-]CC.[CH2-]CC.[Ca+2]. The fourth-order valence-corrected chi connectivity index (χ4v) is 0. The van der Waals surface area contributed by atoms with Gasteiger partial charge in [0.25, 0.3) is 0 Å². The summed E-state index contributed by atoms with van der Waals surface area (Å²) in [5.74, 6) is 0. The molecule has 0 atom stereocenters. The normalized spacial score (nSPS) is 5.14. The second-order valence-corrected chi connectivity index (χ2v) is 1.000. The Morgan fingerprint density at radius 2 is 1.00 bits per heavy atom. The molecule has 0 N–H and O–H groups in total. The van der Waals surface area contributed by atoms with Crippen LogP contribution in [0.5, 0.6) is 0 Å². The summed E-state index contributed by atoms with van der Waals surface area (Å²) in [6, 6.07) is 0. The monoisotopic (exact) mass is 126 g/mol. The molecular formula is C6H14Ca. The molecule has 0 bridgehead atoms. The van der Waals surface area contributed by atoms with Gasteiger partial charge in [-0.2, -0.15) is 12.8 Å². The maximum absolute atomic E-state index is 3.49. The largest absolute Gasteiger partial charge is 2.00 e. The van der Waals surface area contributed by atoms with Crippen molar-refractivity contribution in [3.05, 3.63) is 13.8 Å². The van der Waals surface area contributed by atoms with Crippen LogP contribution in [-0.4, -0.2) is 37.7 Å². The molecule has 0 unspecified atom stereocenters. The standard InChI is InChI=1S/2C3H7.Ca/c2*1-3-2;/h2*1,3H2,2H3;/q2*-1;+2. The molecular weight excluding hydrogens is 112 g/mol. The van der Waals surface area contributed by atoms with Gasteiger partial charge in [0.2, 0.25) is 0 Å². The van der Waals surface area contributed by atoms with Gasteiger partial charge >= 0.3 is 37.7 Å². The first-order valence-corrected chi connectivity index (χ1v) is 2.41. The molecule has 0 aliphatic heterocycles. The number of rotatable bonds is 0. The predicted molar refractivity (Wildman–Crippen MR) is 37.0 cm³/mol. The summed E-state index contributed by atoms with van der Waals surface area (Å²) in [6.45, 7) is 11.0. The quantitative estimate of drug-likeness (QED) is 0.344. The molecule has 7 heavy (non-hydrogen) atoms. The van der Waals surface area contributed by atoms with Gasteiger partial charge in [-0.05, 0) is 0 Å². The van der Waals surface area contributed by atoms with Crippen molar-refractivity contribution >= 4 is 37.7 Å². The van der Waals surface area contributed by atoms with Gasteiger partial charge in [-0.1, -0.05) is 13.8 Å². The molecule has 0 aliphatic carbocycles. The molecule has 0 aromatic rings. The third kappa shape index (κ3) is 127. The van der Waals surface area contributed by atoms with Crippen LogP contribution in [0.2, 0.25) is 0 Å². The van der Waals surface area contributed by atoms with Crippen molar-refractivity contribution in [2.24, 2.45) is 0 Å². The van der Waals surface area contributed by atoms with Crippen LogP contribution < -0.4 is 0 Å². The van der Waals surface area contributed by atoms with Crippen LogP contribution in [0.1, 0.15) is 26.7 Å². The Balaban J connectivity index is -0.0000000400. The van der Waals surface area contributed by atoms with E-state index in [2.05, 4.69) is 13.8 Å². The molecule has 40 valence electrons. The van der Waals surface area contributed by atoms with Crippen molar-refractivity contribution in [1.82, 2.24) is 0 Å². The minimum Gasteiger partial charge on any atom is -0.344 e. The van der Waals surface area contributed by atoms with E-state index in [-0.39, 0.29) is 37.7 Å². The minimum atomic E-state index is 0. The van der Waals surface area contributed by atoms with E-state index in [1.54, 1.807) is 0 Å². The predicted octanol–water partition coefficient (Wildman–Crippen LogP) is 2.08. The maximum Gasteiger partial charge on any atom is 2.00 e. The molecule has 0 aromatic heterocycles. The van der Waals surface area contributed by atoms with E-state index >= 15 is 0 Å². The van der Waals surface area contributed by atoms with Gasteiger partial charge < -0.3 is 13.8 Å². The molecule has 0 fully saturated rings. The second-order valence-electron chi connectivity index (χ2n) is 1.000. The maximum atomic E-state index is 3.49. The van der Waals surface area contributed by atoms with Gasteiger partial charge in [-0.25, -0.2) is 0 Å². The van der Waals surface area contributed by atoms with Crippen LogP contribution in [0.3, 0.4) is 0 Å². The van der Waals surface area contributed by atoms with E-state index in [9.17, 15) is 0 Å². The van der Waals surface area contributed by atoms with Crippen LogP contribution in [0.4, 0.5) is 0 Å². The molecule has 0 nitrogen and oxygen atoms in total. The van der Waals surface area contributed by atoms with Crippen LogP contribution in [-0.2, 0) is 0 Å². The smallest absolute Gasteiger partial charge is 0.344 e. The zero-order valence-corrected chi connectivity index (χ0v) is 7.74. The van der Waals surface area contributed by atoms with Crippen LogP contribution >= 0.6 is 0 Å². The first-order valence-electron chi connectivity index (χ1n) is 2.41. The summed E-state index contributed by atoms with van der Waals surface area (Å²) in [5.41, 5.74) is 0. The van der Waals surface area contributed by atoms with Crippen molar-refractivity contribution in [2.45, 2.75) is 26.7 Å². The fraction of sp³-hybridized carbons (Fsp3) is 0.667. The molecule has 0 saturated carbocycles. The van der Waals surface area contributed by atoms with E-state index in [1.165, 1.54) is 0 Å². The van der Waals surface area contributed by atoms with Crippen molar-refractivity contribution < 1.29 is 0 Å². The van der Waals surface area contributed by atoms with E-state index in [1.807, 2.05) is 13.8 Å². The zero-order valence-electron chi connectivity index (χ0n) is 5.54. The Hall–Kier alpha value is 1.26. The first kappa shape index (κ1) is 15.7. The first-order chi connectivity index (χ1) is 2.83. The Morgan fingerprint density at radius 3 is 1.00 bits per heavy atom. The Bertz CT molecular complexity index is 6.14. The van der Waals surface area contributed by atoms with Crippen LogP contribution in [0, 0.1) is 13.8 Å². The second kappa shape index (κ2) is 26.8. The van der Waals surface area contributed by atoms with Crippen molar-refractivity contribution in [1.29, 1.82) is 0 Å². The Kier molecular flexibility index (Phi) is 60.2. The van der Waals surface area contributed by atoms with Crippen molar-refractivity contribution in [3.63, 3.8) is 0 Å². The van der Waals surface area contributed by atoms with Gasteiger partial charge in [0.1, 0.15) is 0 Å². The van der Waals surface area contributed by atoms with E-state index in [0.29, 0.717) is 0 Å². The Morgan fingerprint density at radius 1 is 1.00 bits per heavy atom. The topological polar surface area (TPSA) is 0 Å². The average Bonchev–Trinajstić information content (AvgIpc) is 1.39. The zero-order chi connectivity index (χ0) is 5.41. The van der Waals surface area contributed by atoms with Gasteiger partial charge in [-0.15, -0.1) is 0 Å². The molecule has 0 radical (unpaired) electrons. The molecule has 0 aromatic carbocycles. The number of hydrogen-bond donors (Lipinski definition) is 0. The van der Waals surface area contributed by atoms with E-state index in [0.717, 1.165) is 12.8 Å². The summed E-state index contributed by atoms with van der Waals surface area (Å²) in [7, 11) is 0. The van der Waals surface area contributed by atoms with Crippen molar-refractivity contribution in [3.8, 4) is 0 Å². The van der Waals surface area contributed by atoms with Crippen LogP contribution in [0.25, 0.3) is 0 Å². The summed E-state index contributed by atoms with van der Waals surface area (Å²) >= 11 is 0. The van der Waals surface area contributed by atoms with E-state index < -0.39 is 0 Å². The summed E-state index contributed by atoms with van der Waals surface area (Å²) in [6.07, 6.45) is 2.00. The molecule has 0 aliphatic rings. The third-order valence-corrected chi connectivity index (χ3v) is 0. The van der Waals surface area contributed by atoms with Gasteiger partial charge in [-0.3, -0.25) is 0 Å². The average molecular weight is 126 g/mol. The van der Waals surface area contributed by atoms with Gasteiger partial charge in [0.05, 0.1) is 0 Å².